The molecule has 2 aliphatic rings. The minimum absolute atomic E-state index is 0.0843. The van der Waals surface area contributed by atoms with E-state index in [0.717, 1.165) is 63.6 Å². The highest BCUT2D eigenvalue weighted by molar-refractivity contribution is 5.47. The van der Waals surface area contributed by atoms with Crippen LogP contribution < -0.4 is 15.1 Å². The molecular formula is C36H70N8. The largest absolute Gasteiger partial charge is 0.349 e. The van der Waals surface area contributed by atoms with Crippen molar-refractivity contribution in [2.75, 3.05) is 41.8 Å². The zero-order valence-corrected chi connectivity index (χ0v) is 31.9. The number of nitrogens with one attached hydrogen (secondary N) is 1. The van der Waals surface area contributed by atoms with Crippen LogP contribution in [-0.2, 0) is 0 Å². The van der Waals surface area contributed by atoms with E-state index < -0.39 is 0 Å². The Morgan fingerprint density at radius 1 is 0.682 bits per heavy atom. The van der Waals surface area contributed by atoms with Crippen LogP contribution in [0.2, 0.25) is 0 Å². The molecule has 0 unspecified atom stereocenters. The molecule has 3 rings (SSSR count). The molecule has 1 aromatic heterocycles. The lowest BCUT2D eigenvalue weighted by molar-refractivity contribution is -0.0315. The molecule has 0 aromatic carbocycles. The summed E-state index contributed by atoms with van der Waals surface area (Å²) in [6.45, 7) is 40.4. The van der Waals surface area contributed by atoms with E-state index >= 15 is 0 Å². The lowest BCUT2D eigenvalue weighted by Gasteiger charge is -2.57. The van der Waals surface area contributed by atoms with Crippen molar-refractivity contribution in [1.82, 2.24) is 24.8 Å². The summed E-state index contributed by atoms with van der Waals surface area (Å²) >= 11 is 0. The van der Waals surface area contributed by atoms with E-state index in [-0.39, 0.29) is 33.1 Å². The maximum Gasteiger partial charge on any atom is 0.232 e. The van der Waals surface area contributed by atoms with Crippen molar-refractivity contribution in [3.8, 4) is 0 Å². The van der Waals surface area contributed by atoms with Gasteiger partial charge in [0.2, 0.25) is 17.8 Å². The van der Waals surface area contributed by atoms with E-state index in [2.05, 4.69) is 143 Å². The molecule has 0 atom stereocenters. The van der Waals surface area contributed by atoms with Crippen LogP contribution >= 0.6 is 0 Å². The second-order valence-corrected chi connectivity index (χ2v) is 18.3. The number of hydrogen-bond donors (Lipinski definition) is 1. The predicted octanol–water partition coefficient (Wildman–Crippen LogP) is 7.84. The van der Waals surface area contributed by atoms with E-state index in [9.17, 15) is 0 Å². The topological polar surface area (TPSA) is 63.7 Å². The van der Waals surface area contributed by atoms with Gasteiger partial charge >= 0.3 is 0 Å². The van der Waals surface area contributed by atoms with Gasteiger partial charge in [-0.25, -0.2) is 0 Å². The van der Waals surface area contributed by atoms with Crippen molar-refractivity contribution in [2.24, 2.45) is 5.41 Å². The number of likely N-dealkylation sites (tertiary alicyclic amines) is 2. The standard InChI is InChI=1S/C36H70N8/c1-18-42(27-23-35(13,14)44(20-3)36(15,16)24-27)30-38-28(40-32(7,8)25-31(4,5)6)37-29(39-30)41(17)26-21-33(9,10)43(19-2)34(11,12)22-26/h26-27H,18-25H2,1-17H3,(H,37,38,39,40). The third-order valence-corrected chi connectivity index (χ3v) is 10.4. The first-order chi connectivity index (χ1) is 19.9. The predicted molar refractivity (Wildman–Crippen MR) is 190 cm³/mol. The molecule has 0 saturated carbocycles. The van der Waals surface area contributed by atoms with Crippen molar-refractivity contribution >= 4 is 17.8 Å². The van der Waals surface area contributed by atoms with Gasteiger partial charge in [-0.3, -0.25) is 9.80 Å². The van der Waals surface area contributed by atoms with Crippen molar-refractivity contribution in [3.05, 3.63) is 0 Å². The molecule has 3 heterocycles. The van der Waals surface area contributed by atoms with Crippen molar-refractivity contribution < 1.29 is 0 Å². The summed E-state index contributed by atoms with van der Waals surface area (Å²) < 4.78 is 0. The van der Waals surface area contributed by atoms with E-state index in [1.807, 2.05) is 0 Å². The summed E-state index contributed by atoms with van der Waals surface area (Å²) in [6.07, 6.45) is 5.28. The van der Waals surface area contributed by atoms with Gasteiger partial charge in [-0.05, 0) is 127 Å². The normalized spacial score (nSPS) is 23.0. The first kappa shape index (κ1) is 36.8. The molecule has 0 spiro atoms. The molecule has 0 amide bonds. The van der Waals surface area contributed by atoms with Crippen LogP contribution in [-0.4, -0.2) is 91.2 Å². The number of piperidine rings is 2. The number of aromatic nitrogens is 3. The molecule has 254 valence electrons. The minimum atomic E-state index is -0.170. The fraction of sp³-hybridized carbons (Fsp3) is 0.917. The summed E-state index contributed by atoms with van der Waals surface area (Å²) in [6, 6.07) is 0.670. The Hall–Kier alpha value is -1.67. The Morgan fingerprint density at radius 2 is 1.09 bits per heavy atom. The summed E-state index contributed by atoms with van der Waals surface area (Å²) in [4.78, 5) is 25.8. The Bertz CT molecular complexity index is 1080. The summed E-state index contributed by atoms with van der Waals surface area (Å²) in [5, 5.41) is 3.76. The number of anilines is 3. The fourth-order valence-electron chi connectivity index (χ4n) is 9.83. The van der Waals surface area contributed by atoms with E-state index in [4.69, 9.17) is 15.0 Å². The zero-order chi connectivity index (χ0) is 33.7. The molecule has 0 aliphatic carbocycles. The highest BCUT2D eigenvalue weighted by Crippen LogP contribution is 2.42. The van der Waals surface area contributed by atoms with Crippen molar-refractivity contribution in [2.45, 2.75) is 183 Å². The molecule has 2 fully saturated rings. The van der Waals surface area contributed by atoms with E-state index in [1.54, 1.807) is 0 Å². The third kappa shape index (κ3) is 8.18. The average Bonchev–Trinajstić information content (AvgIpc) is 2.79. The average molecular weight is 615 g/mol. The molecule has 1 aromatic rings. The minimum Gasteiger partial charge on any atom is -0.349 e. The smallest absolute Gasteiger partial charge is 0.232 e. The first-order valence-corrected chi connectivity index (χ1v) is 17.5. The van der Waals surface area contributed by atoms with Gasteiger partial charge in [0.05, 0.1) is 0 Å². The third-order valence-electron chi connectivity index (χ3n) is 10.4. The van der Waals surface area contributed by atoms with Crippen molar-refractivity contribution in [3.63, 3.8) is 0 Å². The van der Waals surface area contributed by atoms with E-state index in [1.165, 1.54) is 0 Å². The summed E-state index contributed by atoms with van der Waals surface area (Å²) in [7, 11) is 2.20. The number of hydrogen-bond acceptors (Lipinski definition) is 8. The van der Waals surface area contributed by atoms with Gasteiger partial charge in [-0.15, -0.1) is 0 Å². The molecule has 0 radical (unpaired) electrons. The molecule has 2 aliphatic heterocycles. The Labute approximate surface area is 272 Å². The molecule has 1 N–H and O–H groups in total. The second-order valence-electron chi connectivity index (χ2n) is 18.3. The Kier molecular flexibility index (Phi) is 10.5. The molecule has 2 saturated heterocycles. The summed E-state index contributed by atoms with van der Waals surface area (Å²) in [5.41, 5.74) is 0.345. The van der Waals surface area contributed by atoms with Gasteiger partial charge in [0.1, 0.15) is 0 Å². The maximum absolute atomic E-state index is 5.29. The first-order valence-electron chi connectivity index (χ1n) is 17.5. The molecule has 44 heavy (non-hydrogen) atoms. The van der Waals surface area contributed by atoms with Crippen LogP contribution in [0.15, 0.2) is 0 Å². The van der Waals surface area contributed by atoms with Gasteiger partial charge in [0, 0.05) is 53.4 Å². The van der Waals surface area contributed by atoms with Crippen molar-refractivity contribution in [1.29, 1.82) is 0 Å². The molecule has 0 bridgehead atoms. The fourth-order valence-corrected chi connectivity index (χ4v) is 9.83. The second kappa shape index (κ2) is 12.5. The highest BCUT2D eigenvalue weighted by atomic mass is 15.4. The van der Waals surface area contributed by atoms with Crippen LogP contribution in [0, 0.1) is 5.41 Å². The van der Waals surface area contributed by atoms with Crippen LogP contribution in [0.4, 0.5) is 17.8 Å². The zero-order valence-electron chi connectivity index (χ0n) is 31.9. The quantitative estimate of drug-likeness (QED) is 0.286. The highest BCUT2D eigenvalue weighted by Gasteiger charge is 2.48. The van der Waals surface area contributed by atoms with Crippen LogP contribution in [0.1, 0.15) is 143 Å². The lowest BCUT2D eigenvalue weighted by atomic mass is 9.76. The van der Waals surface area contributed by atoms with E-state index in [0.29, 0.717) is 18.0 Å². The van der Waals surface area contributed by atoms with Gasteiger partial charge in [-0.2, -0.15) is 15.0 Å². The van der Waals surface area contributed by atoms with Gasteiger partial charge in [0.25, 0.3) is 0 Å². The summed E-state index contributed by atoms with van der Waals surface area (Å²) in [5.74, 6) is 2.25. The lowest BCUT2D eigenvalue weighted by Crippen LogP contribution is -2.64. The van der Waals surface area contributed by atoms with Crippen LogP contribution in [0.5, 0.6) is 0 Å². The van der Waals surface area contributed by atoms with Crippen LogP contribution in [0.3, 0.4) is 0 Å². The molecular weight excluding hydrogens is 544 g/mol. The Morgan fingerprint density at radius 3 is 1.48 bits per heavy atom. The number of nitrogens with zero attached hydrogens (tertiary/aromatic N) is 7. The van der Waals surface area contributed by atoms with Gasteiger partial charge < -0.3 is 15.1 Å². The van der Waals surface area contributed by atoms with Gasteiger partial charge in [-0.1, -0.05) is 34.6 Å². The Balaban J connectivity index is 2.09. The maximum atomic E-state index is 5.29. The molecule has 8 nitrogen and oxygen atoms in total. The van der Waals surface area contributed by atoms with Gasteiger partial charge in [0.15, 0.2) is 0 Å². The monoisotopic (exact) mass is 615 g/mol. The van der Waals surface area contributed by atoms with Crippen LogP contribution in [0.25, 0.3) is 0 Å². The number of rotatable bonds is 10. The SMILES string of the molecule is CCN(c1nc(NC(C)(C)CC(C)(C)C)nc(N(C)C2CC(C)(C)N(CC)C(C)(C)C2)n1)C1CC(C)(C)N(CC)C(C)(C)C1. The molecule has 8 heteroatoms.